The molecule has 2 aromatic rings. The van der Waals surface area contributed by atoms with E-state index in [1.807, 2.05) is 0 Å². The highest BCUT2D eigenvalue weighted by Crippen LogP contribution is 2.52. The smallest absolute Gasteiger partial charge is 0.255 e. The molecule has 1 unspecified atom stereocenters. The van der Waals surface area contributed by atoms with Gasteiger partial charge in [0.25, 0.3) is 5.91 Å². The van der Waals surface area contributed by atoms with Crippen LogP contribution in [0.5, 0.6) is 0 Å². The molecule has 2 aromatic carbocycles. The molecule has 0 aliphatic heterocycles. The molecule has 0 saturated heterocycles. The minimum atomic E-state index is -3.97. The Morgan fingerprint density at radius 2 is 1.74 bits per heavy atom. The SMILES string of the molecule is COC[C@@]1(O)C2CC[C@H]1C[C@H](S(=O)(=O)c1cc(C(=O)Nc3cc(F)c(F)c(F)c3)ccc1Cl)C2. The van der Waals surface area contributed by atoms with Crippen LogP contribution < -0.4 is 5.32 Å². The first-order valence-corrected chi connectivity index (χ1v) is 12.6. The van der Waals surface area contributed by atoms with E-state index in [2.05, 4.69) is 5.32 Å². The van der Waals surface area contributed by atoms with Gasteiger partial charge >= 0.3 is 0 Å². The van der Waals surface area contributed by atoms with Gasteiger partial charge in [0, 0.05) is 30.5 Å². The fourth-order valence-electron chi connectivity index (χ4n) is 5.20. The summed E-state index contributed by atoms with van der Waals surface area (Å²) in [6, 6.07) is 4.87. The van der Waals surface area contributed by atoms with Gasteiger partial charge in [-0.25, -0.2) is 21.6 Å². The van der Waals surface area contributed by atoms with Crippen molar-refractivity contribution in [2.24, 2.45) is 11.8 Å². The summed E-state index contributed by atoms with van der Waals surface area (Å²) in [7, 11) is -2.47. The molecule has 4 atom stereocenters. The Bertz CT molecular complexity index is 1200. The fourth-order valence-corrected chi connectivity index (χ4v) is 7.61. The summed E-state index contributed by atoms with van der Waals surface area (Å²) < 4.78 is 72.2. The van der Waals surface area contributed by atoms with Crippen LogP contribution in [0, 0.1) is 29.3 Å². The van der Waals surface area contributed by atoms with Crippen LogP contribution in [0.3, 0.4) is 0 Å². The van der Waals surface area contributed by atoms with E-state index in [0.29, 0.717) is 25.0 Å². The number of aliphatic hydroxyl groups is 1. The van der Waals surface area contributed by atoms with Gasteiger partial charge in [-0.15, -0.1) is 0 Å². The predicted molar refractivity (Wildman–Crippen MR) is 119 cm³/mol. The molecule has 34 heavy (non-hydrogen) atoms. The zero-order chi connectivity index (χ0) is 24.8. The number of hydrogen-bond donors (Lipinski definition) is 2. The molecule has 2 saturated carbocycles. The zero-order valence-corrected chi connectivity index (χ0v) is 19.7. The molecule has 2 fully saturated rings. The Hall–Kier alpha value is -2.14. The molecule has 6 nitrogen and oxygen atoms in total. The number of methoxy groups -OCH3 is 1. The van der Waals surface area contributed by atoms with Gasteiger partial charge < -0.3 is 15.2 Å². The number of fused-ring (bicyclic) bond motifs is 2. The van der Waals surface area contributed by atoms with Crippen LogP contribution in [-0.4, -0.2) is 44.0 Å². The lowest BCUT2D eigenvalue weighted by atomic mass is 9.75. The van der Waals surface area contributed by atoms with E-state index in [1.165, 1.54) is 19.2 Å². The Morgan fingerprint density at radius 1 is 1.15 bits per heavy atom. The van der Waals surface area contributed by atoms with Crippen molar-refractivity contribution in [1.29, 1.82) is 0 Å². The number of ether oxygens (including phenoxy) is 1. The summed E-state index contributed by atoms with van der Waals surface area (Å²) in [4.78, 5) is 12.4. The molecular formula is C23H23ClF3NO5S. The zero-order valence-electron chi connectivity index (χ0n) is 18.2. The second-order valence-corrected chi connectivity index (χ2v) is 11.5. The summed E-state index contributed by atoms with van der Waals surface area (Å²) in [6.07, 6.45) is 1.86. The third-order valence-electron chi connectivity index (χ3n) is 6.93. The number of rotatable bonds is 6. The third-order valence-corrected chi connectivity index (χ3v) is 9.58. The van der Waals surface area contributed by atoms with Crippen molar-refractivity contribution in [1.82, 2.24) is 0 Å². The molecule has 184 valence electrons. The van der Waals surface area contributed by atoms with Crippen molar-refractivity contribution in [3.63, 3.8) is 0 Å². The van der Waals surface area contributed by atoms with Crippen LogP contribution in [0.4, 0.5) is 18.9 Å². The molecule has 2 aliphatic carbocycles. The number of hydrogen-bond acceptors (Lipinski definition) is 5. The molecule has 2 bridgehead atoms. The van der Waals surface area contributed by atoms with E-state index in [9.17, 15) is 31.5 Å². The van der Waals surface area contributed by atoms with Gasteiger partial charge in [0.1, 0.15) is 0 Å². The highest BCUT2D eigenvalue weighted by molar-refractivity contribution is 7.92. The van der Waals surface area contributed by atoms with Crippen molar-refractivity contribution in [2.45, 2.75) is 41.4 Å². The summed E-state index contributed by atoms with van der Waals surface area (Å²) in [6.45, 7) is 0.135. The lowest BCUT2D eigenvalue weighted by Crippen LogP contribution is -2.51. The quantitative estimate of drug-likeness (QED) is 0.556. The first-order chi connectivity index (χ1) is 16.0. The van der Waals surface area contributed by atoms with Gasteiger partial charge in [0.2, 0.25) is 0 Å². The highest BCUT2D eigenvalue weighted by Gasteiger charge is 2.55. The number of halogens is 4. The van der Waals surface area contributed by atoms with E-state index < -0.39 is 44.0 Å². The number of anilines is 1. The lowest BCUT2D eigenvalue weighted by Gasteiger charge is -2.42. The molecule has 4 rings (SSSR count). The van der Waals surface area contributed by atoms with E-state index >= 15 is 0 Å². The minimum absolute atomic E-state index is 0.0690. The van der Waals surface area contributed by atoms with Crippen molar-refractivity contribution in [2.75, 3.05) is 19.0 Å². The maximum atomic E-state index is 13.5. The summed E-state index contributed by atoms with van der Waals surface area (Å²) in [5.41, 5.74) is -1.50. The molecule has 0 spiro atoms. The van der Waals surface area contributed by atoms with Gasteiger partial charge in [-0.1, -0.05) is 11.6 Å². The van der Waals surface area contributed by atoms with E-state index in [0.717, 1.165) is 6.07 Å². The van der Waals surface area contributed by atoms with Crippen LogP contribution in [0.15, 0.2) is 35.2 Å². The number of benzene rings is 2. The molecule has 1 amide bonds. The minimum Gasteiger partial charge on any atom is -0.387 e. The topological polar surface area (TPSA) is 92.7 Å². The van der Waals surface area contributed by atoms with Crippen molar-refractivity contribution < 1.29 is 36.2 Å². The Morgan fingerprint density at radius 3 is 2.29 bits per heavy atom. The van der Waals surface area contributed by atoms with Crippen LogP contribution in [-0.2, 0) is 14.6 Å². The molecule has 0 aromatic heterocycles. The van der Waals surface area contributed by atoms with Gasteiger partial charge in [-0.2, -0.15) is 0 Å². The van der Waals surface area contributed by atoms with E-state index in [4.69, 9.17) is 16.3 Å². The normalized spacial score (nSPS) is 26.5. The summed E-state index contributed by atoms with van der Waals surface area (Å²) in [5, 5.41) is 12.4. The van der Waals surface area contributed by atoms with Crippen LogP contribution in [0.2, 0.25) is 5.02 Å². The van der Waals surface area contributed by atoms with E-state index in [-0.39, 0.29) is 52.5 Å². The lowest BCUT2D eigenvalue weighted by molar-refractivity contribution is -0.104. The van der Waals surface area contributed by atoms with E-state index in [1.54, 1.807) is 0 Å². The maximum Gasteiger partial charge on any atom is 0.255 e. The number of nitrogens with one attached hydrogen (secondary N) is 1. The largest absolute Gasteiger partial charge is 0.387 e. The molecule has 0 radical (unpaired) electrons. The van der Waals surface area contributed by atoms with Gasteiger partial charge in [0.15, 0.2) is 27.3 Å². The number of sulfone groups is 1. The van der Waals surface area contributed by atoms with Crippen LogP contribution in [0.1, 0.15) is 36.0 Å². The third kappa shape index (κ3) is 4.32. The van der Waals surface area contributed by atoms with Crippen molar-refractivity contribution in [3.8, 4) is 0 Å². The second-order valence-electron chi connectivity index (χ2n) is 8.89. The predicted octanol–water partition coefficient (Wildman–Crippen LogP) is 4.35. The molecule has 2 N–H and O–H groups in total. The van der Waals surface area contributed by atoms with Gasteiger partial charge in [-0.3, -0.25) is 4.79 Å². The molecule has 11 heteroatoms. The monoisotopic (exact) mass is 517 g/mol. The second kappa shape index (κ2) is 9.14. The fraction of sp³-hybridized carbons (Fsp3) is 0.435. The Kier molecular flexibility index (Phi) is 6.71. The van der Waals surface area contributed by atoms with Crippen LogP contribution >= 0.6 is 11.6 Å². The average Bonchev–Trinajstić information content (AvgIpc) is 2.93. The molecule has 0 heterocycles. The van der Waals surface area contributed by atoms with Gasteiger partial charge in [0.05, 0.1) is 27.4 Å². The highest BCUT2D eigenvalue weighted by atomic mass is 35.5. The van der Waals surface area contributed by atoms with Crippen molar-refractivity contribution in [3.05, 3.63) is 58.4 Å². The first-order valence-electron chi connectivity index (χ1n) is 10.7. The Balaban J connectivity index is 1.59. The maximum absolute atomic E-state index is 13.5. The summed E-state index contributed by atoms with van der Waals surface area (Å²) in [5.74, 6) is -5.95. The number of carbonyl (C=O) groups is 1. The number of carbonyl (C=O) groups excluding carboxylic acids is 1. The standard InChI is InChI=1S/C23H23ClF3NO5S/c1-33-11-23(30)13-3-4-14(23)8-16(7-13)34(31,32)20-6-12(2-5-17(20)24)22(29)28-15-9-18(25)21(27)19(26)10-15/h2,5-6,9-10,13-14,16,30H,3-4,7-8,11H2,1H3,(H,28,29)/t13-,14?,16-,23-/m0/s1. The van der Waals surface area contributed by atoms with Gasteiger partial charge in [-0.05, 0) is 55.7 Å². The molecular weight excluding hydrogens is 495 g/mol. The first kappa shape index (κ1) is 25.0. The Labute approximate surface area is 200 Å². The van der Waals surface area contributed by atoms with Crippen LogP contribution in [0.25, 0.3) is 0 Å². The summed E-state index contributed by atoms with van der Waals surface area (Å²) >= 11 is 6.20. The number of amides is 1. The molecule has 2 aliphatic rings. The average molecular weight is 518 g/mol. The van der Waals surface area contributed by atoms with Crippen molar-refractivity contribution >= 4 is 33.0 Å².